The molecule has 3 heterocycles. The first-order chi connectivity index (χ1) is 19.6. The van der Waals surface area contributed by atoms with Gasteiger partial charge in [0.2, 0.25) is 5.91 Å². The maximum Gasteiger partial charge on any atom is 0.228 e. The summed E-state index contributed by atoms with van der Waals surface area (Å²) in [6, 6.07) is 21.8. The van der Waals surface area contributed by atoms with Gasteiger partial charge in [0.05, 0.1) is 29.8 Å². The van der Waals surface area contributed by atoms with Crippen LogP contribution in [0.4, 0.5) is 17.3 Å². The molecule has 9 nitrogen and oxygen atoms in total. The normalized spacial score (nSPS) is 13.4. The van der Waals surface area contributed by atoms with E-state index < -0.39 is 0 Å². The van der Waals surface area contributed by atoms with E-state index in [4.69, 9.17) is 10.7 Å². The molecule has 5 aromatic rings. The van der Waals surface area contributed by atoms with Crippen molar-refractivity contribution in [3.05, 3.63) is 103 Å². The predicted molar refractivity (Wildman–Crippen MR) is 158 cm³/mol. The third kappa shape index (κ3) is 5.74. The minimum atomic E-state index is -0.0562. The van der Waals surface area contributed by atoms with Gasteiger partial charge in [-0.05, 0) is 46.5 Å². The van der Waals surface area contributed by atoms with E-state index in [0.29, 0.717) is 13.0 Å². The Morgan fingerprint density at radius 2 is 1.45 bits per heavy atom. The number of benzene rings is 3. The van der Waals surface area contributed by atoms with E-state index in [0.717, 1.165) is 76.8 Å². The van der Waals surface area contributed by atoms with Crippen molar-refractivity contribution in [3.63, 3.8) is 0 Å². The third-order valence-corrected chi connectivity index (χ3v) is 7.13. The quantitative estimate of drug-likeness (QED) is 0.324. The number of rotatable bonds is 7. The summed E-state index contributed by atoms with van der Waals surface area (Å²) < 4.78 is 0. The van der Waals surface area contributed by atoms with E-state index in [1.807, 2.05) is 60.8 Å². The van der Waals surface area contributed by atoms with Crippen LogP contribution in [-0.2, 0) is 17.8 Å². The summed E-state index contributed by atoms with van der Waals surface area (Å²) in [4.78, 5) is 35.2. The zero-order chi connectivity index (χ0) is 27.3. The van der Waals surface area contributed by atoms with Crippen LogP contribution in [0.1, 0.15) is 11.1 Å². The lowest BCUT2D eigenvalue weighted by Crippen LogP contribution is -2.47. The SMILES string of the molecule is NCc1ccc(CC(=O)Nc2ccc(-c3ccc4ncc(N5CCN(c6cnccn6)CC5)nc4c3)cc2)cc1. The number of piperazine rings is 1. The van der Waals surface area contributed by atoms with Crippen molar-refractivity contribution in [2.75, 3.05) is 41.3 Å². The fourth-order valence-electron chi connectivity index (χ4n) is 4.88. The molecule has 9 heteroatoms. The first-order valence-electron chi connectivity index (χ1n) is 13.4. The largest absolute Gasteiger partial charge is 0.352 e. The van der Waals surface area contributed by atoms with Crippen LogP contribution in [0, 0.1) is 0 Å². The zero-order valence-corrected chi connectivity index (χ0v) is 22.1. The Balaban J connectivity index is 1.11. The molecular formula is C31H30N8O. The molecule has 200 valence electrons. The summed E-state index contributed by atoms with van der Waals surface area (Å²) >= 11 is 0. The van der Waals surface area contributed by atoms with Gasteiger partial charge in [0, 0.05) is 50.8 Å². The van der Waals surface area contributed by atoms with Crippen LogP contribution < -0.4 is 20.9 Å². The highest BCUT2D eigenvalue weighted by atomic mass is 16.1. The van der Waals surface area contributed by atoms with Crippen LogP contribution in [0.5, 0.6) is 0 Å². The highest BCUT2D eigenvalue weighted by molar-refractivity contribution is 5.92. The fraction of sp³-hybridized carbons (Fsp3) is 0.194. The average molecular weight is 531 g/mol. The number of anilines is 3. The fourth-order valence-corrected chi connectivity index (χ4v) is 4.88. The van der Waals surface area contributed by atoms with Crippen LogP contribution in [0.2, 0.25) is 0 Å². The van der Waals surface area contributed by atoms with Crippen LogP contribution in [-0.4, -0.2) is 52.0 Å². The molecule has 0 bridgehead atoms. The van der Waals surface area contributed by atoms with E-state index in [2.05, 4.69) is 42.2 Å². The van der Waals surface area contributed by atoms with E-state index in [1.165, 1.54) is 0 Å². The van der Waals surface area contributed by atoms with E-state index >= 15 is 0 Å². The molecule has 0 unspecified atom stereocenters. The second kappa shape index (κ2) is 11.5. The zero-order valence-electron chi connectivity index (χ0n) is 22.1. The number of hydrogen-bond donors (Lipinski definition) is 2. The maximum absolute atomic E-state index is 12.5. The molecule has 1 saturated heterocycles. The lowest BCUT2D eigenvalue weighted by atomic mass is 10.0. The molecule has 1 aliphatic heterocycles. The van der Waals surface area contributed by atoms with Crippen molar-refractivity contribution in [1.29, 1.82) is 0 Å². The first kappa shape index (κ1) is 25.4. The lowest BCUT2D eigenvalue weighted by Gasteiger charge is -2.35. The summed E-state index contributed by atoms with van der Waals surface area (Å²) in [6.07, 6.45) is 7.38. The monoisotopic (exact) mass is 530 g/mol. The van der Waals surface area contributed by atoms with Crippen molar-refractivity contribution in [2.45, 2.75) is 13.0 Å². The summed E-state index contributed by atoms with van der Waals surface area (Å²) in [5.74, 6) is 1.72. The van der Waals surface area contributed by atoms with Crippen molar-refractivity contribution in [1.82, 2.24) is 19.9 Å². The summed E-state index contributed by atoms with van der Waals surface area (Å²) in [6.45, 7) is 3.86. The van der Waals surface area contributed by atoms with Crippen LogP contribution in [0.25, 0.3) is 22.2 Å². The molecule has 0 atom stereocenters. The topological polar surface area (TPSA) is 113 Å². The number of carbonyl (C=O) groups is 1. The molecular weight excluding hydrogens is 500 g/mol. The minimum Gasteiger partial charge on any atom is -0.352 e. The highest BCUT2D eigenvalue weighted by Crippen LogP contribution is 2.26. The van der Waals surface area contributed by atoms with Gasteiger partial charge in [0.1, 0.15) is 11.6 Å². The molecule has 1 aliphatic rings. The van der Waals surface area contributed by atoms with Gasteiger partial charge in [0.15, 0.2) is 0 Å². The molecule has 0 saturated carbocycles. The van der Waals surface area contributed by atoms with Gasteiger partial charge in [-0.15, -0.1) is 0 Å². The Morgan fingerprint density at radius 1 is 0.750 bits per heavy atom. The number of aromatic nitrogens is 4. The van der Waals surface area contributed by atoms with Gasteiger partial charge in [-0.1, -0.05) is 42.5 Å². The molecule has 0 spiro atoms. The van der Waals surface area contributed by atoms with E-state index in [1.54, 1.807) is 18.6 Å². The molecule has 1 amide bonds. The Morgan fingerprint density at radius 3 is 2.15 bits per heavy atom. The number of nitrogens with two attached hydrogens (primary N) is 1. The van der Waals surface area contributed by atoms with Crippen LogP contribution >= 0.6 is 0 Å². The molecule has 6 rings (SSSR count). The van der Waals surface area contributed by atoms with Gasteiger partial charge < -0.3 is 20.9 Å². The number of amides is 1. The first-order valence-corrected chi connectivity index (χ1v) is 13.4. The van der Waals surface area contributed by atoms with Crippen LogP contribution in [0.3, 0.4) is 0 Å². The second-order valence-corrected chi connectivity index (χ2v) is 9.79. The molecule has 40 heavy (non-hydrogen) atoms. The van der Waals surface area contributed by atoms with Crippen molar-refractivity contribution >= 4 is 34.3 Å². The van der Waals surface area contributed by atoms with Gasteiger partial charge in [-0.2, -0.15) is 0 Å². The Bertz CT molecular complexity index is 1600. The van der Waals surface area contributed by atoms with Gasteiger partial charge in [-0.3, -0.25) is 14.8 Å². The Labute approximate surface area is 232 Å². The highest BCUT2D eigenvalue weighted by Gasteiger charge is 2.20. The predicted octanol–water partition coefficient (Wildman–Crippen LogP) is 4.05. The lowest BCUT2D eigenvalue weighted by molar-refractivity contribution is -0.115. The molecule has 1 fully saturated rings. The van der Waals surface area contributed by atoms with E-state index in [-0.39, 0.29) is 5.91 Å². The van der Waals surface area contributed by atoms with Gasteiger partial charge >= 0.3 is 0 Å². The maximum atomic E-state index is 12.5. The molecule has 3 aromatic carbocycles. The summed E-state index contributed by atoms with van der Waals surface area (Å²) in [7, 11) is 0. The molecule has 2 aromatic heterocycles. The molecule has 0 radical (unpaired) electrons. The van der Waals surface area contributed by atoms with Crippen molar-refractivity contribution in [3.8, 4) is 11.1 Å². The smallest absolute Gasteiger partial charge is 0.228 e. The van der Waals surface area contributed by atoms with E-state index in [9.17, 15) is 4.79 Å². The van der Waals surface area contributed by atoms with Crippen molar-refractivity contribution in [2.24, 2.45) is 5.73 Å². The number of nitrogens with zero attached hydrogens (tertiary/aromatic N) is 6. The average Bonchev–Trinajstić information content (AvgIpc) is 3.02. The number of carbonyl (C=O) groups excluding carboxylic acids is 1. The summed E-state index contributed by atoms with van der Waals surface area (Å²) in [5, 5.41) is 2.98. The number of nitrogens with one attached hydrogen (secondary N) is 1. The van der Waals surface area contributed by atoms with Gasteiger partial charge in [-0.25, -0.2) is 9.97 Å². The summed E-state index contributed by atoms with van der Waals surface area (Å²) in [5.41, 5.74) is 12.2. The Kier molecular flexibility index (Phi) is 7.28. The molecule has 0 aliphatic carbocycles. The number of hydrogen-bond acceptors (Lipinski definition) is 8. The molecule has 3 N–H and O–H groups in total. The minimum absolute atomic E-state index is 0.0562. The third-order valence-electron chi connectivity index (χ3n) is 7.13. The van der Waals surface area contributed by atoms with Crippen LogP contribution in [0.15, 0.2) is 91.5 Å². The van der Waals surface area contributed by atoms with Crippen molar-refractivity contribution < 1.29 is 4.79 Å². The second-order valence-electron chi connectivity index (χ2n) is 9.79. The number of fused-ring (bicyclic) bond motifs is 1. The van der Waals surface area contributed by atoms with Gasteiger partial charge in [0.25, 0.3) is 0 Å². The Hall–Kier alpha value is -4.89. The standard InChI is InChI=1S/C31H30N8O/c32-19-23-3-1-22(2-4-23)17-31(40)36-26-8-5-24(6-9-26)25-7-10-27-28(18-25)37-30(21-35-27)39-15-13-38(14-16-39)29-20-33-11-12-34-29/h1-12,18,20-21H,13-17,19,32H2,(H,36,40).